The van der Waals surface area contributed by atoms with Gasteiger partial charge in [-0.25, -0.2) is 4.39 Å². The zero-order valence-corrected chi connectivity index (χ0v) is 10.2. The smallest absolute Gasteiger partial charge is 0.189 e. The third-order valence-corrected chi connectivity index (χ3v) is 2.53. The Bertz CT molecular complexity index is 695. The standard InChI is InChI=1S/C14H10FN3O/c1-18-9-12(8-17-18)14(19)5-3-10-2-4-13(15)11(6-10)7-16/h2-6,8-9H,1H3/b5-3+. The molecule has 0 N–H and O–H groups in total. The molecule has 0 unspecified atom stereocenters. The third kappa shape index (κ3) is 2.93. The molecule has 0 aliphatic heterocycles. The molecule has 0 aliphatic carbocycles. The van der Waals surface area contributed by atoms with Crippen molar-refractivity contribution >= 4 is 11.9 Å². The van der Waals surface area contributed by atoms with Crippen LogP contribution in [0.1, 0.15) is 21.5 Å². The molecule has 4 nitrogen and oxygen atoms in total. The Morgan fingerprint density at radius 1 is 1.53 bits per heavy atom. The van der Waals surface area contributed by atoms with Crippen LogP contribution in [-0.2, 0) is 7.05 Å². The van der Waals surface area contributed by atoms with E-state index >= 15 is 0 Å². The predicted molar refractivity (Wildman–Crippen MR) is 67.7 cm³/mol. The van der Waals surface area contributed by atoms with Crippen LogP contribution in [0.5, 0.6) is 0 Å². The van der Waals surface area contributed by atoms with E-state index < -0.39 is 5.82 Å². The van der Waals surface area contributed by atoms with Gasteiger partial charge in [0.1, 0.15) is 11.9 Å². The van der Waals surface area contributed by atoms with Crippen LogP contribution in [0.15, 0.2) is 36.7 Å². The predicted octanol–water partition coefficient (Wildman–Crippen LogP) is 2.33. The number of carbonyl (C=O) groups excluding carboxylic acids is 1. The number of aryl methyl sites for hydroxylation is 1. The first kappa shape index (κ1) is 12.7. The van der Waals surface area contributed by atoms with Gasteiger partial charge in [-0.3, -0.25) is 9.48 Å². The quantitative estimate of drug-likeness (QED) is 0.624. The summed E-state index contributed by atoms with van der Waals surface area (Å²) in [7, 11) is 1.72. The molecule has 2 aromatic rings. The Labute approximate surface area is 109 Å². The Hall–Kier alpha value is -2.74. The van der Waals surface area contributed by atoms with Crippen LogP contribution < -0.4 is 0 Å². The number of aromatic nitrogens is 2. The maximum Gasteiger partial charge on any atom is 0.189 e. The second-order valence-corrected chi connectivity index (χ2v) is 3.95. The molecule has 0 saturated carbocycles. The van der Waals surface area contributed by atoms with Crippen molar-refractivity contribution in [3.8, 4) is 6.07 Å². The number of nitriles is 1. The summed E-state index contributed by atoms with van der Waals surface area (Å²) in [5, 5.41) is 12.6. The summed E-state index contributed by atoms with van der Waals surface area (Å²) < 4.78 is 14.6. The van der Waals surface area contributed by atoms with Gasteiger partial charge in [-0.05, 0) is 23.8 Å². The SMILES string of the molecule is Cn1cc(C(=O)/C=C/c2ccc(F)c(C#N)c2)cn1. The van der Waals surface area contributed by atoms with Crippen LogP contribution in [0.25, 0.3) is 6.08 Å². The number of hydrogen-bond acceptors (Lipinski definition) is 3. The second-order valence-electron chi connectivity index (χ2n) is 3.95. The molecular weight excluding hydrogens is 245 g/mol. The van der Waals surface area contributed by atoms with E-state index in [1.54, 1.807) is 19.3 Å². The Balaban J connectivity index is 2.19. The van der Waals surface area contributed by atoms with Gasteiger partial charge in [-0.15, -0.1) is 0 Å². The zero-order valence-electron chi connectivity index (χ0n) is 10.2. The van der Waals surface area contributed by atoms with Gasteiger partial charge in [0.2, 0.25) is 0 Å². The Morgan fingerprint density at radius 2 is 2.32 bits per heavy atom. The van der Waals surface area contributed by atoms with E-state index in [2.05, 4.69) is 5.10 Å². The van der Waals surface area contributed by atoms with Gasteiger partial charge in [0.25, 0.3) is 0 Å². The van der Waals surface area contributed by atoms with E-state index in [1.807, 2.05) is 0 Å². The van der Waals surface area contributed by atoms with Gasteiger partial charge in [0.15, 0.2) is 5.78 Å². The van der Waals surface area contributed by atoms with Crippen molar-refractivity contribution < 1.29 is 9.18 Å². The highest BCUT2D eigenvalue weighted by atomic mass is 19.1. The first-order valence-electron chi connectivity index (χ1n) is 5.51. The summed E-state index contributed by atoms with van der Waals surface area (Å²) in [6.07, 6.45) is 5.98. The Kier molecular flexibility index (Phi) is 3.53. The number of hydrogen-bond donors (Lipinski definition) is 0. The van der Waals surface area contributed by atoms with Crippen LogP contribution in [0.4, 0.5) is 4.39 Å². The Morgan fingerprint density at radius 3 is 2.95 bits per heavy atom. The van der Waals surface area contributed by atoms with E-state index in [1.165, 1.54) is 41.2 Å². The molecule has 0 bridgehead atoms. The van der Waals surface area contributed by atoms with Crippen LogP contribution in [0, 0.1) is 17.1 Å². The lowest BCUT2D eigenvalue weighted by Gasteiger charge is -1.96. The summed E-state index contributed by atoms with van der Waals surface area (Å²) in [6, 6.07) is 5.85. The van der Waals surface area contributed by atoms with E-state index in [0.717, 1.165) is 0 Å². The minimum Gasteiger partial charge on any atom is -0.289 e. The zero-order chi connectivity index (χ0) is 13.8. The molecule has 0 radical (unpaired) electrons. The molecule has 2 rings (SSSR count). The summed E-state index contributed by atoms with van der Waals surface area (Å²) in [6.45, 7) is 0. The average molecular weight is 255 g/mol. The number of benzene rings is 1. The fourth-order valence-electron chi connectivity index (χ4n) is 1.55. The lowest BCUT2D eigenvalue weighted by atomic mass is 10.1. The summed E-state index contributed by atoms with van der Waals surface area (Å²) >= 11 is 0. The van der Waals surface area contributed by atoms with Crippen LogP contribution >= 0.6 is 0 Å². The number of ketones is 1. The molecule has 0 saturated heterocycles. The molecule has 0 fully saturated rings. The maximum absolute atomic E-state index is 13.1. The molecule has 1 aromatic heterocycles. The monoisotopic (exact) mass is 255 g/mol. The molecule has 0 amide bonds. The minimum absolute atomic E-state index is 0.0454. The van der Waals surface area contributed by atoms with Gasteiger partial charge < -0.3 is 0 Å². The van der Waals surface area contributed by atoms with Gasteiger partial charge in [-0.1, -0.05) is 12.1 Å². The van der Waals surface area contributed by atoms with Crippen molar-refractivity contribution in [2.24, 2.45) is 7.05 Å². The van der Waals surface area contributed by atoms with Crippen molar-refractivity contribution in [3.05, 3.63) is 59.2 Å². The number of rotatable bonds is 3. The molecular formula is C14H10FN3O. The second kappa shape index (κ2) is 5.27. The van der Waals surface area contributed by atoms with E-state index in [4.69, 9.17) is 5.26 Å². The molecule has 94 valence electrons. The normalized spacial score (nSPS) is 10.6. The van der Waals surface area contributed by atoms with E-state index in [-0.39, 0.29) is 11.3 Å². The van der Waals surface area contributed by atoms with E-state index in [0.29, 0.717) is 11.1 Å². The van der Waals surface area contributed by atoms with Crippen LogP contribution in [0.3, 0.4) is 0 Å². The highest BCUT2D eigenvalue weighted by Gasteiger charge is 2.04. The average Bonchev–Trinajstić information content (AvgIpc) is 2.84. The number of allylic oxidation sites excluding steroid dienone is 1. The highest BCUT2D eigenvalue weighted by molar-refractivity contribution is 6.06. The molecule has 19 heavy (non-hydrogen) atoms. The highest BCUT2D eigenvalue weighted by Crippen LogP contribution is 2.11. The van der Waals surface area contributed by atoms with Gasteiger partial charge >= 0.3 is 0 Å². The summed E-state index contributed by atoms with van der Waals surface area (Å²) in [5.74, 6) is -0.769. The minimum atomic E-state index is -0.571. The topological polar surface area (TPSA) is 58.7 Å². The lowest BCUT2D eigenvalue weighted by Crippen LogP contribution is -1.92. The number of nitrogens with zero attached hydrogens (tertiary/aromatic N) is 3. The van der Waals surface area contributed by atoms with Crippen molar-refractivity contribution in [2.45, 2.75) is 0 Å². The van der Waals surface area contributed by atoms with Crippen molar-refractivity contribution in [1.29, 1.82) is 5.26 Å². The number of carbonyl (C=O) groups is 1. The third-order valence-electron chi connectivity index (χ3n) is 2.53. The number of halogens is 1. The molecule has 5 heteroatoms. The molecule has 1 heterocycles. The van der Waals surface area contributed by atoms with Crippen LogP contribution in [-0.4, -0.2) is 15.6 Å². The largest absolute Gasteiger partial charge is 0.289 e. The molecule has 0 atom stereocenters. The van der Waals surface area contributed by atoms with Gasteiger partial charge in [0, 0.05) is 13.2 Å². The molecule has 0 aliphatic rings. The summed E-state index contributed by atoms with van der Waals surface area (Å²) in [5.41, 5.74) is 1.02. The van der Waals surface area contributed by atoms with Crippen LogP contribution in [0.2, 0.25) is 0 Å². The first-order chi connectivity index (χ1) is 9.10. The van der Waals surface area contributed by atoms with Gasteiger partial charge in [-0.2, -0.15) is 10.4 Å². The van der Waals surface area contributed by atoms with Crippen molar-refractivity contribution in [3.63, 3.8) is 0 Å². The van der Waals surface area contributed by atoms with Gasteiger partial charge in [0.05, 0.1) is 17.3 Å². The maximum atomic E-state index is 13.1. The first-order valence-corrected chi connectivity index (χ1v) is 5.51. The fourth-order valence-corrected chi connectivity index (χ4v) is 1.55. The fraction of sp³-hybridized carbons (Fsp3) is 0.0714. The van der Waals surface area contributed by atoms with Crippen molar-refractivity contribution in [2.75, 3.05) is 0 Å². The van der Waals surface area contributed by atoms with Crippen molar-refractivity contribution in [1.82, 2.24) is 9.78 Å². The lowest BCUT2D eigenvalue weighted by molar-refractivity contribution is 0.104. The molecule has 1 aromatic carbocycles. The molecule has 0 spiro atoms. The van der Waals surface area contributed by atoms with E-state index in [9.17, 15) is 9.18 Å². The summed E-state index contributed by atoms with van der Waals surface area (Å²) in [4.78, 5) is 11.8.